The molecule has 0 bridgehead atoms. The molecule has 4 nitrogen and oxygen atoms in total. The minimum absolute atomic E-state index is 0.195. The number of piperidine rings is 1. The summed E-state index contributed by atoms with van der Waals surface area (Å²) in [6.45, 7) is 8.61. The molecule has 1 saturated heterocycles. The molecule has 0 aromatic rings. The molecule has 0 amide bonds. The smallest absolute Gasteiger partial charge is 0.0724 e. The van der Waals surface area contributed by atoms with Crippen LogP contribution in [0.15, 0.2) is 0 Å². The van der Waals surface area contributed by atoms with Crippen LogP contribution in [0.1, 0.15) is 26.7 Å². The quantitative estimate of drug-likeness (QED) is 0.692. The van der Waals surface area contributed by atoms with E-state index < -0.39 is 0 Å². The van der Waals surface area contributed by atoms with Crippen molar-refractivity contribution in [1.29, 1.82) is 0 Å². The van der Waals surface area contributed by atoms with Crippen molar-refractivity contribution >= 4 is 0 Å². The molecule has 1 rings (SSSR count). The Morgan fingerprint density at radius 2 is 2.29 bits per heavy atom. The largest absolute Gasteiger partial charge is 0.395 e. The number of aliphatic hydroxyl groups excluding tert-OH is 1. The fraction of sp³-hybridized carbons (Fsp3) is 1.00. The zero-order valence-electron chi connectivity index (χ0n) is 11.5. The third kappa shape index (κ3) is 4.92. The summed E-state index contributed by atoms with van der Waals surface area (Å²) < 4.78 is 5.51. The lowest BCUT2D eigenvalue weighted by molar-refractivity contribution is -0.00919. The van der Waals surface area contributed by atoms with Crippen LogP contribution in [-0.4, -0.2) is 62.0 Å². The van der Waals surface area contributed by atoms with Gasteiger partial charge in [0.2, 0.25) is 0 Å². The zero-order chi connectivity index (χ0) is 12.7. The number of nitrogens with one attached hydrogen (secondary N) is 1. The Morgan fingerprint density at radius 1 is 1.53 bits per heavy atom. The van der Waals surface area contributed by atoms with E-state index in [9.17, 15) is 5.11 Å². The first-order valence-electron chi connectivity index (χ1n) is 6.80. The van der Waals surface area contributed by atoms with Gasteiger partial charge in [-0.25, -0.2) is 0 Å². The topological polar surface area (TPSA) is 44.7 Å². The first-order valence-corrected chi connectivity index (χ1v) is 6.80. The summed E-state index contributed by atoms with van der Waals surface area (Å²) in [4.78, 5) is 2.40. The molecule has 2 N–H and O–H groups in total. The average Bonchev–Trinajstić information content (AvgIpc) is 2.36. The summed E-state index contributed by atoms with van der Waals surface area (Å²) in [7, 11) is 1.80. The molecule has 17 heavy (non-hydrogen) atoms. The van der Waals surface area contributed by atoms with Gasteiger partial charge >= 0.3 is 0 Å². The summed E-state index contributed by atoms with van der Waals surface area (Å²) in [5.41, 5.74) is 0. The van der Waals surface area contributed by atoms with E-state index in [1.807, 2.05) is 0 Å². The maximum atomic E-state index is 9.34. The number of likely N-dealkylation sites (tertiary alicyclic amines) is 1. The fourth-order valence-corrected chi connectivity index (χ4v) is 2.42. The van der Waals surface area contributed by atoms with Crippen molar-refractivity contribution in [3.63, 3.8) is 0 Å². The molecule has 0 saturated carbocycles. The van der Waals surface area contributed by atoms with Crippen molar-refractivity contribution < 1.29 is 9.84 Å². The molecule has 0 spiro atoms. The maximum Gasteiger partial charge on any atom is 0.0724 e. The van der Waals surface area contributed by atoms with Gasteiger partial charge in [0.15, 0.2) is 0 Å². The Hall–Kier alpha value is -0.160. The second-order valence-electron chi connectivity index (χ2n) is 5.13. The van der Waals surface area contributed by atoms with Crippen molar-refractivity contribution in [2.75, 3.05) is 39.9 Å². The maximum absolute atomic E-state index is 9.34. The second-order valence-corrected chi connectivity index (χ2v) is 5.13. The molecule has 1 heterocycles. The van der Waals surface area contributed by atoms with Crippen LogP contribution in [0.3, 0.4) is 0 Å². The highest BCUT2D eigenvalue weighted by Crippen LogP contribution is 2.19. The molecule has 3 atom stereocenters. The number of methoxy groups -OCH3 is 1. The number of nitrogens with zero attached hydrogens (tertiary/aromatic N) is 1. The van der Waals surface area contributed by atoms with Crippen LogP contribution in [0.4, 0.5) is 0 Å². The molecule has 0 aromatic heterocycles. The predicted molar refractivity (Wildman–Crippen MR) is 70.2 cm³/mol. The number of rotatable bonds is 7. The molecule has 0 radical (unpaired) electrons. The van der Waals surface area contributed by atoms with Crippen molar-refractivity contribution in [3.05, 3.63) is 0 Å². The van der Waals surface area contributed by atoms with Gasteiger partial charge in [0.1, 0.15) is 0 Å². The molecule has 0 aromatic carbocycles. The summed E-state index contributed by atoms with van der Waals surface area (Å²) in [6, 6.07) is 0.195. The first-order chi connectivity index (χ1) is 8.21. The van der Waals surface area contributed by atoms with E-state index in [1.54, 1.807) is 7.11 Å². The molecule has 1 aliphatic heterocycles. The molecule has 3 unspecified atom stereocenters. The first kappa shape index (κ1) is 14.9. The number of ether oxygens (including phenoxy) is 1. The lowest BCUT2D eigenvalue weighted by Gasteiger charge is -2.37. The third-order valence-corrected chi connectivity index (χ3v) is 3.66. The van der Waals surface area contributed by atoms with Gasteiger partial charge in [-0.15, -0.1) is 0 Å². The van der Waals surface area contributed by atoms with Gasteiger partial charge in [0.05, 0.1) is 12.7 Å². The third-order valence-electron chi connectivity index (χ3n) is 3.66. The normalized spacial score (nSPS) is 28.2. The van der Waals surface area contributed by atoms with Crippen LogP contribution in [0.2, 0.25) is 0 Å². The Balaban J connectivity index is 2.34. The molecule has 102 valence electrons. The highest BCUT2D eigenvalue weighted by Gasteiger charge is 2.26. The average molecular weight is 244 g/mol. The second kappa shape index (κ2) is 8.03. The van der Waals surface area contributed by atoms with E-state index in [0.29, 0.717) is 12.0 Å². The molecular weight excluding hydrogens is 216 g/mol. The van der Waals surface area contributed by atoms with Gasteiger partial charge in [-0.3, -0.25) is 4.90 Å². The molecular formula is C13H28N2O2. The highest BCUT2D eigenvalue weighted by molar-refractivity contribution is 4.81. The monoisotopic (exact) mass is 244 g/mol. The number of hydrogen-bond acceptors (Lipinski definition) is 4. The van der Waals surface area contributed by atoms with Crippen LogP contribution >= 0.6 is 0 Å². The lowest BCUT2D eigenvalue weighted by atomic mass is 9.95. The van der Waals surface area contributed by atoms with Crippen LogP contribution in [-0.2, 0) is 4.74 Å². The molecule has 1 aliphatic rings. The van der Waals surface area contributed by atoms with Crippen molar-refractivity contribution in [3.8, 4) is 0 Å². The predicted octanol–water partition coefficient (Wildman–Crippen LogP) is 0.704. The SMILES string of the molecule is CCCNC(CO)CN1CCC(C)C(OC)C1. The summed E-state index contributed by atoms with van der Waals surface area (Å²) in [6.07, 6.45) is 2.63. The van der Waals surface area contributed by atoms with Crippen LogP contribution in [0, 0.1) is 5.92 Å². The highest BCUT2D eigenvalue weighted by atomic mass is 16.5. The summed E-state index contributed by atoms with van der Waals surface area (Å²) in [5, 5.41) is 12.7. The fourth-order valence-electron chi connectivity index (χ4n) is 2.42. The van der Waals surface area contributed by atoms with Crippen LogP contribution in [0.25, 0.3) is 0 Å². The minimum Gasteiger partial charge on any atom is -0.395 e. The van der Waals surface area contributed by atoms with Gasteiger partial charge in [0.25, 0.3) is 0 Å². The van der Waals surface area contributed by atoms with Gasteiger partial charge in [-0.2, -0.15) is 0 Å². The Morgan fingerprint density at radius 3 is 2.88 bits per heavy atom. The minimum atomic E-state index is 0.195. The van der Waals surface area contributed by atoms with Crippen LogP contribution in [0.5, 0.6) is 0 Å². The number of aliphatic hydroxyl groups is 1. The van der Waals surface area contributed by atoms with Crippen molar-refractivity contribution in [1.82, 2.24) is 10.2 Å². The molecule has 0 aliphatic carbocycles. The Labute approximate surface area is 105 Å². The van der Waals surface area contributed by atoms with Crippen molar-refractivity contribution in [2.45, 2.75) is 38.8 Å². The van der Waals surface area contributed by atoms with Gasteiger partial charge in [0, 0.05) is 26.2 Å². The standard InChI is InChI=1S/C13H28N2O2/c1-4-6-14-12(10-16)8-15-7-5-11(2)13(9-15)17-3/h11-14,16H,4-10H2,1-3H3. The van der Waals surface area contributed by atoms with Gasteiger partial charge in [-0.1, -0.05) is 13.8 Å². The molecule has 1 fully saturated rings. The molecule has 4 heteroatoms. The van der Waals surface area contributed by atoms with E-state index in [-0.39, 0.29) is 12.6 Å². The van der Waals surface area contributed by atoms with E-state index in [0.717, 1.165) is 32.6 Å². The van der Waals surface area contributed by atoms with Crippen molar-refractivity contribution in [2.24, 2.45) is 5.92 Å². The van der Waals surface area contributed by atoms with E-state index >= 15 is 0 Å². The van der Waals surface area contributed by atoms with E-state index in [1.165, 1.54) is 6.42 Å². The van der Waals surface area contributed by atoms with Gasteiger partial charge < -0.3 is 15.2 Å². The Bertz CT molecular complexity index is 202. The summed E-state index contributed by atoms with van der Waals surface area (Å²) in [5.74, 6) is 0.646. The van der Waals surface area contributed by atoms with Gasteiger partial charge in [-0.05, 0) is 31.8 Å². The van der Waals surface area contributed by atoms with E-state index in [4.69, 9.17) is 4.74 Å². The van der Waals surface area contributed by atoms with E-state index in [2.05, 4.69) is 24.1 Å². The Kier molecular flexibility index (Phi) is 7.04. The lowest BCUT2D eigenvalue weighted by Crippen LogP contribution is -2.50. The number of hydrogen-bond donors (Lipinski definition) is 2. The zero-order valence-corrected chi connectivity index (χ0v) is 11.5. The van der Waals surface area contributed by atoms with Crippen LogP contribution < -0.4 is 5.32 Å². The summed E-state index contributed by atoms with van der Waals surface area (Å²) >= 11 is 0.